The maximum absolute atomic E-state index is 11.8. The summed E-state index contributed by atoms with van der Waals surface area (Å²) in [5.74, 6) is 1.51. The van der Waals surface area contributed by atoms with Gasteiger partial charge in [-0.1, -0.05) is 0 Å². The van der Waals surface area contributed by atoms with Crippen LogP contribution in [-0.4, -0.2) is 32.8 Å². The Balaban J connectivity index is 1.50. The number of amides is 1. The first-order valence-electron chi connectivity index (χ1n) is 8.10. The van der Waals surface area contributed by atoms with Crippen molar-refractivity contribution in [3.05, 3.63) is 52.7 Å². The van der Waals surface area contributed by atoms with Gasteiger partial charge in [0.15, 0.2) is 17.3 Å². The highest BCUT2D eigenvalue weighted by molar-refractivity contribution is 7.08. The Labute approximate surface area is 152 Å². The Kier molecular flexibility index (Phi) is 3.26. The molecular weight excluding hydrogens is 348 g/mol. The number of hydrogen-bond donors (Lipinski definition) is 1. The van der Waals surface area contributed by atoms with E-state index >= 15 is 0 Å². The van der Waals surface area contributed by atoms with Crippen LogP contribution in [0.1, 0.15) is 5.56 Å². The molecule has 0 saturated heterocycles. The van der Waals surface area contributed by atoms with Crippen LogP contribution in [0.25, 0.3) is 17.0 Å². The number of carbonyl (C=O) groups is 1. The van der Waals surface area contributed by atoms with Crippen molar-refractivity contribution in [3.63, 3.8) is 0 Å². The van der Waals surface area contributed by atoms with Gasteiger partial charge in [0.05, 0.1) is 6.42 Å². The highest BCUT2D eigenvalue weighted by atomic mass is 32.1. The lowest BCUT2D eigenvalue weighted by Crippen LogP contribution is -2.20. The molecule has 0 saturated carbocycles. The van der Waals surface area contributed by atoms with Crippen LogP contribution in [0.3, 0.4) is 0 Å². The molecule has 7 nitrogen and oxygen atoms in total. The van der Waals surface area contributed by atoms with Crippen molar-refractivity contribution in [3.8, 4) is 11.4 Å². The number of nitrogens with one attached hydrogen (secondary N) is 1. The fourth-order valence-corrected chi connectivity index (χ4v) is 3.76. The van der Waals surface area contributed by atoms with Gasteiger partial charge in [0.25, 0.3) is 0 Å². The Morgan fingerprint density at radius 3 is 2.92 bits per heavy atom. The molecule has 0 fully saturated rings. The third-order valence-electron chi connectivity index (χ3n) is 4.47. The predicted molar refractivity (Wildman–Crippen MR) is 101 cm³/mol. The van der Waals surface area contributed by atoms with Gasteiger partial charge in [-0.25, -0.2) is 0 Å². The van der Waals surface area contributed by atoms with Gasteiger partial charge in [-0.2, -0.15) is 15.9 Å². The molecule has 5 rings (SSSR count). The second-order valence-electron chi connectivity index (χ2n) is 6.12. The van der Waals surface area contributed by atoms with Crippen molar-refractivity contribution in [1.29, 1.82) is 0 Å². The second-order valence-corrected chi connectivity index (χ2v) is 6.90. The number of benzene rings is 1. The largest absolute Gasteiger partial charge is 0.339 e. The van der Waals surface area contributed by atoms with Crippen LogP contribution in [0.2, 0.25) is 0 Å². The molecule has 8 heteroatoms. The first-order chi connectivity index (χ1) is 12.7. The Morgan fingerprint density at radius 1 is 1.15 bits per heavy atom. The molecule has 1 aliphatic heterocycles. The first-order valence-corrected chi connectivity index (χ1v) is 9.05. The van der Waals surface area contributed by atoms with Crippen molar-refractivity contribution in [2.45, 2.75) is 6.42 Å². The number of thiophene rings is 1. The van der Waals surface area contributed by atoms with E-state index in [0.29, 0.717) is 23.7 Å². The van der Waals surface area contributed by atoms with Crippen LogP contribution in [-0.2, 0) is 11.2 Å². The lowest BCUT2D eigenvalue weighted by Gasteiger charge is -2.11. The van der Waals surface area contributed by atoms with Gasteiger partial charge >= 0.3 is 0 Å². The summed E-state index contributed by atoms with van der Waals surface area (Å²) in [5.41, 5.74) is 4.56. The minimum atomic E-state index is 0.113. The maximum atomic E-state index is 11.8. The van der Waals surface area contributed by atoms with E-state index in [1.165, 1.54) is 0 Å². The zero-order valence-electron chi connectivity index (χ0n) is 13.9. The molecule has 0 aliphatic carbocycles. The summed E-state index contributed by atoms with van der Waals surface area (Å²) in [7, 11) is 1.80. The van der Waals surface area contributed by atoms with Gasteiger partial charge < -0.3 is 10.2 Å². The SMILES string of the molecule is CN1C(=O)Cc2cc(Nc3ccc4nnc(-c5ccsc5)n4n3)ccc21. The minimum absolute atomic E-state index is 0.113. The Bertz CT molecular complexity index is 1130. The summed E-state index contributed by atoms with van der Waals surface area (Å²) in [6, 6.07) is 11.6. The summed E-state index contributed by atoms with van der Waals surface area (Å²) < 4.78 is 1.73. The summed E-state index contributed by atoms with van der Waals surface area (Å²) in [4.78, 5) is 13.5. The van der Waals surface area contributed by atoms with Crippen molar-refractivity contribution < 1.29 is 4.79 Å². The number of carbonyl (C=O) groups excluding carboxylic acids is 1. The van der Waals surface area contributed by atoms with Gasteiger partial charge in [-0.15, -0.1) is 15.3 Å². The van der Waals surface area contributed by atoms with Gasteiger partial charge in [0.2, 0.25) is 5.91 Å². The summed E-state index contributed by atoms with van der Waals surface area (Å²) >= 11 is 1.61. The van der Waals surface area contributed by atoms with Crippen molar-refractivity contribution in [1.82, 2.24) is 19.8 Å². The van der Waals surface area contributed by atoms with E-state index in [9.17, 15) is 4.79 Å². The molecule has 1 aliphatic rings. The number of hydrogen-bond acceptors (Lipinski definition) is 6. The average Bonchev–Trinajstić information content (AvgIpc) is 3.35. The van der Waals surface area contributed by atoms with E-state index in [0.717, 1.165) is 22.5 Å². The molecule has 3 aromatic heterocycles. The molecule has 4 heterocycles. The van der Waals surface area contributed by atoms with Crippen LogP contribution < -0.4 is 10.2 Å². The minimum Gasteiger partial charge on any atom is -0.339 e. The molecule has 0 radical (unpaired) electrons. The topological polar surface area (TPSA) is 75.4 Å². The number of nitrogens with zero attached hydrogens (tertiary/aromatic N) is 5. The Morgan fingerprint density at radius 2 is 2.08 bits per heavy atom. The molecule has 0 atom stereocenters. The van der Waals surface area contributed by atoms with E-state index in [2.05, 4.69) is 20.6 Å². The molecule has 128 valence electrons. The standard InChI is InChI=1S/C18H14N6OS/c1-23-14-3-2-13(8-12(14)9-17(23)25)19-15-4-5-16-20-21-18(24(16)22-15)11-6-7-26-10-11/h2-8,10H,9H2,1H3,(H,19,22). The van der Waals surface area contributed by atoms with Crippen molar-refractivity contribution >= 4 is 40.1 Å². The van der Waals surface area contributed by atoms with Crippen LogP contribution in [0.15, 0.2) is 47.2 Å². The van der Waals surface area contributed by atoms with Crippen LogP contribution in [0, 0.1) is 0 Å². The number of rotatable bonds is 3. The van der Waals surface area contributed by atoms with E-state index in [-0.39, 0.29) is 5.91 Å². The quantitative estimate of drug-likeness (QED) is 0.606. The average molecular weight is 362 g/mol. The molecular formula is C18H14N6OS. The van der Waals surface area contributed by atoms with Crippen LogP contribution in [0.5, 0.6) is 0 Å². The third kappa shape index (κ3) is 2.34. The first kappa shape index (κ1) is 15.0. The molecule has 26 heavy (non-hydrogen) atoms. The highest BCUT2D eigenvalue weighted by Gasteiger charge is 2.23. The number of fused-ring (bicyclic) bond motifs is 2. The molecule has 1 aromatic carbocycles. The molecule has 4 aromatic rings. The summed E-state index contributed by atoms with van der Waals surface area (Å²) in [5, 5.41) is 20.3. The summed E-state index contributed by atoms with van der Waals surface area (Å²) in [6.07, 6.45) is 0.432. The van der Waals surface area contributed by atoms with Crippen LogP contribution in [0.4, 0.5) is 17.2 Å². The summed E-state index contributed by atoms with van der Waals surface area (Å²) in [6.45, 7) is 0. The highest BCUT2D eigenvalue weighted by Crippen LogP contribution is 2.31. The van der Waals surface area contributed by atoms with E-state index in [1.807, 2.05) is 47.2 Å². The fourth-order valence-electron chi connectivity index (χ4n) is 3.12. The third-order valence-corrected chi connectivity index (χ3v) is 5.15. The van der Waals surface area contributed by atoms with E-state index in [1.54, 1.807) is 27.8 Å². The molecule has 0 spiro atoms. The van der Waals surface area contributed by atoms with Crippen molar-refractivity contribution in [2.24, 2.45) is 0 Å². The van der Waals surface area contributed by atoms with Gasteiger partial charge in [0, 0.05) is 29.4 Å². The molecule has 1 N–H and O–H groups in total. The number of aromatic nitrogens is 4. The number of likely N-dealkylation sites (N-methyl/N-ethyl adjacent to an activating group) is 1. The zero-order valence-corrected chi connectivity index (χ0v) is 14.7. The monoisotopic (exact) mass is 362 g/mol. The lowest BCUT2D eigenvalue weighted by atomic mass is 10.1. The second kappa shape index (κ2) is 5.63. The lowest BCUT2D eigenvalue weighted by molar-refractivity contribution is -0.117. The normalized spacial score (nSPS) is 13.4. The van der Waals surface area contributed by atoms with Gasteiger partial charge in [-0.3, -0.25) is 4.79 Å². The van der Waals surface area contributed by atoms with E-state index in [4.69, 9.17) is 0 Å². The maximum Gasteiger partial charge on any atom is 0.231 e. The molecule has 1 amide bonds. The molecule has 0 unspecified atom stereocenters. The predicted octanol–water partition coefficient (Wildman–Crippen LogP) is 3.12. The van der Waals surface area contributed by atoms with Crippen LogP contribution >= 0.6 is 11.3 Å². The van der Waals surface area contributed by atoms with E-state index < -0.39 is 0 Å². The molecule has 0 bridgehead atoms. The zero-order chi connectivity index (χ0) is 17.7. The fraction of sp³-hybridized carbons (Fsp3) is 0.111. The number of anilines is 3. The van der Waals surface area contributed by atoms with Gasteiger partial charge in [-0.05, 0) is 47.3 Å². The van der Waals surface area contributed by atoms with Crippen molar-refractivity contribution in [2.75, 3.05) is 17.3 Å². The van der Waals surface area contributed by atoms with Gasteiger partial charge in [0.1, 0.15) is 0 Å². The smallest absolute Gasteiger partial charge is 0.231 e. The Hall–Kier alpha value is -3.26.